The summed E-state index contributed by atoms with van der Waals surface area (Å²) >= 11 is 2.92. The number of carbonyl (C=O) groups excluding carboxylic acids is 1. The zero-order valence-electron chi connectivity index (χ0n) is 7.38. The first-order valence-electron chi connectivity index (χ1n) is 3.78. The summed E-state index contributed by atoms with van der Waals surface area (Å²) in [7, 11) is 1.26. The molecule has 0 unspecified atom stereocenters. The van der Waals surface area contributed by atoms with Gasteiger partial charge in [-0.25, -0.2) is 4.39 Å². The van der Waals surface area contributed by atoms with Crippen LogP contribution in [0.4, 0.5) is 4.39 Å². The van der Waals surface area contributed by atoms with E-state index in [-0.39, 0.29) is 10.9 Å². The minimum absolute atomic E-state index is 0.00292. The number of benzene rings is 1. The van der Waals surface area contributed by atoms with Crippen molar-refractivity contribution < 1.29 is 19.0 Å². The molecule has 1 aromatic rings. The first-order chi connectivity index (χ1) is 6.54. The predicted molar refractivity (Wildman–Crippen MR) is 51.5 cm³/mol. The lowest BCUT2D eigenvalue weighted by Crippen LogP contribution is -2.04. The third-order valence-corrected chi connectivity index (χ3v) is 2.22. The Hall–Kier alpha value is -1.10. The van der Waals surface area contributed by atoms with E-state index in [1.54, 1.807) is 0 Å². The van der Waals surface area contributed by atoms with Crippen molar-refractivity contribution >= 4 is 21.9 Å². The summed E-state index contributed by atoms with van der Waals surface area (Å²) in [6.07, 6.45) is 0.00292. The van der Waals surface area contributed by atoms with Crippen LogP contribution in [0.5, 0.6) is 5.75 Å². The maximum atomic E-state index is 12.9. The van der Waals surface area contributed by atoms with E-state index in [1.165, 1.54) is 19.2 Å². The van der Waals surface area contributed by atoms with Crippen LogP contribution in [0.2, 0.25) is 0 Å². The van der Waals surface area contributed by atoms with Crippen molar-refractivity contribution in [2.75, 3.05) is 7.11 Å². The topological polar surface area (TPSA) is 46.5 Å². The minimum atomic E-state index is -0.737. The van der Waals surface area contributed by atoms with E-state index in [0.717, 1.165) is 0 Å². The molecule has 0 spiro atoms. The molecule has 1 aromatic carbocycles. The van der Waals surface area contributed by atoms with E-state index in [9.17, 15) is 9.18 Å². The van der Waals surface area contributed by atoms with Crippen molar-refractivity contribution in [3.8, 4) is 5.75 Å². The fourth-order valence-electron chi connectivity index (χ4n) is 0.970. The quantitative estimate of drug-likeness (QED) is 0.830. The number of aromatic hydroxyl groups is 1. The molecule has 5 heteroatoms. The molecule has 0 aliphatic carbocycles. The van der Waals surface area contributed by atoms with E-state index in [2.05, 4.69) is 20.7 Å². The molecular weight excluding hydrogens is 255 g/mol. The van der Waals surface area contributed by atoms with Gasteiger partial charge in [0.2, 0.25) is 0 Å². The van der Waals surface area contributed by atoms with Gasteiger partial charge in [0.1, 0.15) is 0 Å². The summed E-state index contributed by atoms with van der Waals surface area (Å²) < 4.78 is 17.5. The third-order valence-electron chi connectivity index (χ3n) is 1.64. The van der Waals surface area contributed by atoms with E-state index in [0.29, 0.717) is 5.56 Å². The van der Waals surface area contributed by atoms with E-state index in [1.807, 2.05) is 0 Å². The molecule has 0 aromatic heterocycles. The number of methoxy groups -OCH3 is 1. The Morgan fingerprint density at radius 2 is 2.29 bits per heavy atom. The highest BCUT2D eigenvalue weighted by atomic mass is 79.9. The minimum Gasteiger partial charge on any atom is -0.505 e. The van der Waals surface area contributed by atoms with Crippen molar-refractivity contribution in [2.45, 2.75) is 6.42 Å². The van der Waals surface area contributed by atoms with E-state index in [4.69, 9.17) is 5.11 Å². The Morgan fingerprint density at radius 1 is 1.64 bits per heavy atom. The van der Waals surface area contributed by atoms with Crippen molar-refractivity contribution in [1.29, 1.82) is 0 Å². The van der Waals surface area contributed by atoms with Gasteiger partial charge in [-0.3, -0.25) is 4.79 Å². The fraction of sp³-hybridized carbons (Fsp3) is 0.222. The highest BCUT2D eigenvalue weighted by Crippen LogP contribution is 2.26. The van der Waals surface area contributed by atoms with E-state index >= 15 is 0 Å². The number of carbonyl (C=O) groups is 1. The second-order valence-electron chi connectivity index (χ2n) is 2.66. The number of ether oxygens (including phenoxy) is 1. The summed E-state index contributed by atoms with van der Waals surface area (Å²) in [6.45, 7) is 0. The van der Waals surface area contributed by atoms with Crippen LogP contribution in [0.15, 0.2) is 16.6 Å². The molecule has 0 heterocycles. The maximum Gasteiger partial charge on any atom is 0.309 e. The zero-order chi connectivity index (χ0) is 10.7. The second-order valence-corrected chi connectivity index (χ2v) is 3.52. The smallest absolute Gasteiger partial charge is 0.309 e. The van der Waals surface area contributed by atoms with Crippen LogP contribution in [-0.4, -0.2) is 18.2 Å². The van der Waals surface area contributed by atoms with Crippen LogP contribution in [0.3, 0.4) is 0 Å². The monoisotopic (exact) mass is 262 g/mol. The van der Waals surface area contributed by atoms with Gasteiger partial charge in [0.05, 0.1) is 18.0 Å². The lowest BCUT2D eigenvalue weighted by molar-refractivity contribution is -0.139. The third kappa shape index (κ3) is 2.45. The molecule has 0 aliphatic heterocycles. The summed E-state index contributed by atoms with van der Waals surface area (Å²) in [4.78, 5) is 10.9. The molecular formula is C9H8BrFO3. The molecule has 0 saturated heterocycles. The standard InChI is InChI=1S/C9H8BrFO3/c1-14-8(13)4-5-2-6(10)9(11)7(12)3-5/h2-3,12H,4H2,1H3. The average Bonchev–Trinajstić information content (AvgIpc) is 2.14. The molecule has 76 valence electrons. The molecule has 0 bridgehead atoms. The number of hydrogen-bond acceptors (Lipinski definition) is 3. The first-order valence-corrected chi connectivity index (χ1v) is 4.57. The number of phenols is 1. The fourth-order valence-corrected chi connectivity index (χ4v) is 1.47. The zero-order valence-corrected chi connectivity index (χ0v) is 8.97. The largest absolute Gasteiger partial charge is 0.505 e. The van der Waals surface area contributed by atoms with Crippen LogP contribution in [0.1, 0.15) is 5.56 Å². The number of esters is 1. The average molecular weight is 263 g/mol. The van der Waals surface area contributed by atoms with Gasteiger partial charge in [0.25, 0.3) is 0 Å². The maximum absolute atomic E-state index is 12.9. The molecule has 0 radical (unpaired) electrons. The van der Waals surface area contributed by atoms with Crippen LogP contribution in [0, 0.1) is 5.82 Å². The van der Waals surface area contributed by atoms with Crippen LogP contribution in [0.25, 0.3) is 0 Å². The van der Waals surface area contributed by atoms with E-state index < -0.39 is 17.5 Å². The Labute approximate surface area is 88.6 Å². The summed E-state index contributed by atoms with van der Waals surface area (Å²) in [5, 5.41) is 9.11. The van der Waals surface area contributed by atoms with Gasteiger partial charge in [0, 0.05) is 0 Å². The van der Waals surface area contributed by atoms with Crippen molar-refractivity contribution in [3.05, 3.63) is 28.0 Å². The molecule has 0 aliphatic rings. The Morgan fingerprint density at radius 3 is 2.79 bits per heavy atom. The molecule has 0 amide bonds. The number of rotatable bonds is 2. The van der Waals surface area contributed by atoms with Gasteiger partial charge in [-0.1, -0.05) is 0 Å². The number of hydrogen-bond donors (Lipinski definition) is 1. The van der Waals surface area contributed by atoms with Crippen LogP contribution in [-0.2, 0) is 16.0 Å². The first kappa shape index (κ1) is 11.0. The Kier molecular flexibility index (Phi) is 3.46. The van der Waals surface area contributed by atoms with Gasteiger partial charge in [0.15, 0.2) is 11.6 Å². The molecule has 14 heavy (non-hydrogen) atoms. The molecule has 0 fully saturated rings. The second kappa shape index (κ2) is 4.41. The summed E-state index contributed by atoms with van der Waals surface area (Å²) in [5.41, 5.74) is 0.489. The van der Waals surface area contributed by atoms with Gasteiger partial charge in [-0.2, -0.15) is 0 Å². The molecule has 1 rings (SSSR count). The Bertz CT molecular complexity index is 342. The summed E-state index contributed by atoms with van der Waals surface area (Å²) in [5.74, 6) is -1.67. The molecule has 1 N–H and O–H groups in total. The lowest BCUT2D eigenvalue weighted by atomic mass is 10.1. The SMILES string of the molecule is COC(=O)Cc1cc(O)c(F)c(Br)c1. The van der Waals surface area contributed by atoms with Gasteiger partial charge < -0.3 is 9.84 Å². The van der Waals surface area contributed by atoms with Gasteiger partial charge in [-0.05, 0) is 33.6 Å². The normalized spacial score (nSPS) is 9.93. The molecule has 3 nitrogen and oxygen atoms in total. The number of phenolic OH excluding ortho intramolecular Hbond substituents is 1. The highest BCUT2D eigenvalue weighted by molar-refractivity contribution is 9.10. The highest BCUT2D eigenvalue weighted by Gasteiger charge is 2.10. The van der Waals surface area contributed by atoms with Crippen molar-refractivity contribution in [2.24, 2.45) is 0 Å². The van der Waals surface area contributed by atoms with Crippen LogP contribution >= 0.6 is 15.9 Å². The van der Waals surface area contributed by atoms with Crippen LogP contribution < -0.4 is 0 Å². The lowest BCUT2D eigenvalue weighted by Gasteiger charge is -2.03. The van der Waals surface area contributed by atoms with Crippen molar-refractivity contribution in [1.82, 2.24) is 0 Å². The predicted octanol–water partition coefficient (Wildman–Crippen LogP) is 2.01. The molecule has 0 atom stereocenters. The summed E-state index contributed by atoms with van der Waals surface area (Å²) in [6, 6.07) is 2.61. The Balaban J connectivity index is 2.95. The number of halogens is 2. The van der Waals surface area contributed by atoms with Gasteiger partial charge >= 0.3 is 5.97 Å². The van der Waals surface area contributed by atoms with Crippen molar-refractivity contribution in [3.63, 3.8) is 0 Å². The van der Waals surface area contributed by atoms with Gasteiger partial charge in [-0.15, -0.1) is 0 Å². The molecule has 0 saturated carbocycles.